The molecule has 0 aromatic rings. The van der Waals surface area contributed by atoms with Crippen molar-refractivity contribution >= 4 is 5.97 Å². The minimum absolute atomic E-state index is 0.619. The fraction of sp³-hybridized carbons (Fsp3) is 0.857. The predicted octanol–water partition coefficient (Wildman–Crippen LogP) is 0.790. The molecular weight excluding hydrogens is 164 g/mol. The Morgan fingerprint density at radius 3 is 2.17 bits per heavy atom. The third-order valence-electron chi connectivity index (χ3n) is 0.909. The third-order valence-corrected chi connectivity index (χ3v) is 0.909. The van der Waals surface area contributed by atoms with Crippen LogP contribution in [0.3, 0.4) is 0 Å². The molecule has 0 spiro atoms. The zero-order chi connectivity index (χ0) is 9.78. The van der Waals surface area contributed by atoms with Crippen molar-refractivity contribution in [1.29, 1.82) is 0 Å². The van der Waals surface area contributed by atoms with E-state index in [1.54, 1.807) is 20.8 Å². The molecule has 1 N–H and O–H groups in total. The molecule has 0 aliphatic heterocycles. The van der Waals surface area contributed by atoms with Crippen molar-refractivity contribution in [3.05, 3.63) is 0 Å². The van der Waals surface area contributed by atoms with Crippen LogP contribution in [-0.4, -0.2) is 30.2 Å². The Bertz CT molecular complexity index is 144. The number of hydrogen-bond donors (Lipinski definition) is 1. The lowest BCUT2D eigenvalue weighted by Crippen LogP contribution is -2.34. The molecule has 0 aromatic carbocycles. The summed E-state index contributed by atoms with van der Waals surface area (Å²) >= 11 is 0. The molecule has 0 radical (unpaired) electrons. The highest BCUT2D eigenvalue weighted by molar-refractivity contribution is 5.73. The summed E-state index contributed by atoms with van der Waals surface area (Å²) in [5.74, 6) is -0.757. The van der Waals surface area contributed by atoms with Gasteiger partial charge < -0.3 is 9.47 Å². The summed E-state index contributed by atoms with van der Waals surface area (Å²) in [7, 11) is 1.23. The van der Waals surface area contributed by atoms with Crippen LogP contribution in [0, 0.1) is 0 Å². The molecule has 0 amide bonds. The van der Waals surface area contributed by atoms with Gasteiger partial charge in [0.25, 0.3) is 6.29 Å². The maximum Gasteiger partial charge on any atom is 0.367 e. The summed E-state index contributed by atoms with van der Waals surface area (Å²) in [5.41, 5.74) is -0.619. The van der Waals surface area contributed by atoms with Crippen molar-refractivity contribution < 1.29 is 24.4 Å². The minimum atomic E-state index is -1.37. The summed E-state index contributed by atoms with van der Waals surface area (Å²) in [6, 6.07) is 0. The molecule has 5 nitrogen and oxygen atoms in total. The van der Waals surface area contributed by atoms with E-state index in [0.29, 0.717) is 0 Å². The molecule has 0 heterocycles. The molecular formula is C7H14O5. The van der Waals surface area contributed by atoms with Crippen LogP contribution in [0.5, 0.6) is 0 Å². The molecule has 5 heteroatoms. The second-order valence-electron chi connectivity index (χ2n) is 3.21. The first-order valence-electron chi connectivity index (χ1n) is 3.46. The predicted molar refractivity (Wildman–Crippen MR) is 40.4 cm³/mol. The molecule has 0 saturated heterocycles. The lowest BCUT2D eigenvalue weighted by atomic mass is 10.2. The van der Waals surface area contributed by atoms with Crippen molar-refractivity contribution in [1.82, 2.24) is 0 Å². The first-order chi connectivity index (χ1) is 5.40. The van der Waals surface area contributed by atoms with E-state index >= 15 is 0 Å². The molecule has 0 fully saturated rings. The first-order valence-corrected chi connectivity index (χ1v) is 3.46. The van der Waals surface area contributed by atoms with Gasteiger partial charge in [-0.2, -0.15) is 4.89 Å². The lowest BCUT2D eigenvalue weighted by molar-refractivity contribution is -0.335. The summed E-state index contributed by atoms with van der Waals surface area (Å²) < 4.78 is 9.29. The average molecular weight is 178 g/mol. The van der Waals surface area contributed by atoms with Gasteiger partial charge in [-0.25, -0.2) is 10.1 Å². The molecule has 1 unspecified atom stereocenters. The van der Waals surface area contributed by atoms with Gasteiger partial charge in [0.1, 0.15) is 5.60 Å². The summed E-state index contributed by atoms with van der Waals surface area (Å²) in [4.78, 5) is 14.7. The highest BCUT2D eigenvalue weighted by atomic mass is 17.1. The average Bonchev–Trinajstić information content (AvgIpc) is 1.85. The summed E-state index contributed by atoms with van der Waals surface area (Å²) in [6.45, 7) is 5.11. The normalized spacial score (nSPS) is 14.1. The smallest absolute Gasteiger partial charge is 0.367 e. The van der Waals surface area contributed by atoms with E-state index in [1.807, 2.05) is 0 Å². The Morgan fingerprint density at radius 2 is 1.92 bits per heavy atom. The largest absolute Gasteiger partial charge is 0.456 e. The molecule has 0 aliphatic carbocycles. The van der Waals surface area contributed by atoms with E-state index in [1.165, 1.54) is 7.11 Å². The number of carbonyl (C=O) groups is 1. The van der Waals surface area contributed by atoms with Gasteiger partial charge in [-0.05, 0) is 20.8 Å². The third kappa shape index (κ3) is 4.27. The van der Waals surface area contributed by atoms with Crippen LogP contribution in [0.4, 0.5) is 0 Å². The van der Waals surface area contributed by atoms with E-state index in [0.717, 1.165) is 0 Å². The van der Waals surface area contributed by atoms with E-state index in [2.05, 4.69) is 9.62 Å². The standard InChI is InChI=1S/C7H14O5/c1-7(2,3)11-5(8)6(10-4)12-9/h6,9H,1-4H3. The molecule has 0 aromatic heterocycles. The molecule has 1 atom stereocenters. The van der Waals surface area contributed by atoms with Crippen LogP contribution < -0.4 is 0 Å². The molecule has 0 rings (SSSR count). The topological polar surface area (TPSA) is 65.0 Å². The summed E-state index contributed by atoms with van der Waals surface area (Å²) in [5, 5.41) is 8.17. The van der Waals surface area contributed by atoms with Gasteiger partial charge >= 0.3 is 5.97 Å². The zero-order valence-corrected chi connectivity index (χ0v) is 7.66. The number of carbonyl (C=O) groups excluding carboxylic acids is 1. The zero-order valence-electron chi connectivity index (χ0n) is 7.66. The highest BCUT2D eigenvalue weighted by Crippen LogP contribution is 2.09. The van der Waals surface area contributed by atoms with Gasteiger partial charge in [-0.15, -0.1) is 0 Å². The van der Waals surface area contributed by atoms with Crippen LogP contribution >= 0.6 is 0 Å². The number of methoxy groups -OCH3 is 1. The number of ether oxygens (including phenoxy) is 2. The van der Waals surface area contributed by atoms with Gasteiger partial charge in [-0.3, -0.25) is 0 Å². The van der Waals surface area contributed by atoms with Crippen LogP contribution in [-0.2, 0) is 19.2 Å². The van der Waals surface area contributed by atoms with Crippen molar-refractivity contribution in [2.75, 3.05) is 7.11 Å². The lowest BCUT2D eigenvalue weighted by Gasteiger charge is -2.21. The summed E-state index contributed by atoms with van der Waals surface area (Å²) in [6.07, 6.45) is -1.37. The van der Waals surface area contributed by atoms with E-state index < -0.39 is 17.9 Å². The van der Waals surface area contributed by atoms with Crippen LogP contribution in [0.15, 0.2) is 0 Å². The van der Waals surface area contributed by atoms with E-state index in [4.69, 9.17) is 9.99 Å². The van der Waals surface area contributed by atoms with Gasteiger partial charge in [-0.1, -0.05) is 0 Å². The minimum Gasteiger partial charge on any atom is -0.456 e. The Kier molecular flexibility index (Phi) is 4.16. The Hall–Kier alpha value is -0.650. The van der Waals surface area contributed by atoms with Crippen LogP contribution in [0.25, 0.3) is 0 Å². The molecule has 72 valence electrons. The van der Waals surface area contributed by atoms with Crippen LogP contribution in [0.2, 0.25) is 0 Å². The van der Waals surface area contributed by atoms with Crippen molar-refractivity contribution in [2.45, 2.75) is 32.7 Å². The Labute approximate surface area is 71.2 Å². The fourth-order valence-electron chi connectivity index (χ4n) is 0.532. The number of rotatable bonds is 3. The highest BCUT2D eigenvalue weighted by Gasteiger charge is 2.25. The quantitative estimate of drug-likeness (QED) is 0.299. The van der Waals surface area contributed by atoms with Gasteiger partial charge in [0.15, 0.2) is 0 Å². The molecule has 0 bridgehead atoms. The van der Waals surface area contributed by atoms with Crippen LogP contribution in [0.1, 0.15) is 20.8 Å². The number of esters is 1. The van der Waals surface area contributed by atoms with Gasteiger partial charge in [0, 0.05) is 7.11 Å². The first kappa shape index (κ1) is 11.4. The van der Waals surface area contributed by atoms with E-state index in [9.17, 15) is 4.79 Å². The number of hydrogen-bond acceptors (Lipinski definition) is 5. The second-order valence-corrected chi connectivity index (χ2v) is 3.21. The Balaban J connectivity index is 4.02. The molecule has 12 heavy (non-hydrogen) atoms. The molecule has 0 aliphatic rings. The monoisotopic (exact) mass is 178 g/mol. The maximum absolute atomic E-state index is 11.0. The van der Waals surface area contributed by atoms with E-state index in [-0.39, 0.29) is 0 Å². The second kappa shape index (κ2) is 4.39. The Morgan fingerprint density at radius 1 is 1.42 bits per heavy atom. The van der Waals surface area contributed by atoms with Crippen molar-refractivity contribution in [3.63, 3.8) is 0 Å². The molecule has 0 saturated carbocycles. The fourth-order valence-corrected chi connectivity index (χ4v) is 0.532. The van der Waals surface area contributed by atoms with Gasteiger partial charge in [0.05, 0.1) is 0 Å². The van der Waals surface area contributed by atoms with Crippen molar-refractivity contribution in [2.24, 2.45) is 0 Å². The van der Waals surface area contributed by atoms with Crippen molar-refractivity contribution in [3.8, 4) is 0 Å². The van der Waals surface area contributed by atoms with Gasteiger partial charge in [0.2, 0.25) is 0 Å². The maximum atomic E-state index is 11.0. The SMILES string of the molecule is COC(OO)C(=O)OC(C)(C)C.